The molecular formula is C25H25NO3S. The summed E-state index contributed by atoms with van der Waals surface area (Å²) in [4.78, 5) is 0.175. The number of hydrogen-bond donors (Lipinski definition) is 0. The van der Waals surface area contributed by atoms with Gasteiger partial charge in [0.2, 0.25) is 10.0 Å². The van der Waals surface area contributed by atoms with Crippen LogP contribution in [0.3, 0.4) is 0 Å². The Hall–Kier alpha value is -2.91. The van der Waals surface area contributed by atoms with Crippen molar-refractivity contribution in [1.29, 1.82) is 0 Å². The van der Waals surface area contributed by atoms with E-state index in [1.165, 1.54) is 4.31 Å². The Morgan fingerprint density at radius 1 is 1.20 bits per heavy atom. The van der Waals surface area contributed by atoms with Crippen molar-refractivity contribution in [3.05, 3.63) is 103 Å². The first-order chi connectivity index (χ1) is 14.4. The maximum atomic E-state index is 13.7. The van der Waals surface area contributed by atoms with Gasteiger partial charge in [-0.3, -0.25) is 0 Å². The van der Waals surface area contributed by atoms with E-state index in [1.807, 2.05) is 43.3 Å². The fourth-order valence-electron chi connectivity index (χ4n) is 3.62. The van der Waals surface area contributed by atoms with Gasteiger partial charge in [0.25, 0.3) is 0 Å². The molecule has 0 N–H and O–H groups in total. The number of hydrogen-bond acceptors (Lipinski definition) is 3. The SMILES string of the molecule is C#CCN(C(c1ccccc1)[C@]1(C=C)C=C(C=C)CO1)S(=O)(=O)c1ccc(C)cc1. The minimum Gasteiger partial charge on any atom is -0.360 e. The number of nitrogens with zero attached hydrogens (tertiary/aromatic N) is 1. The molecule has 0 aromatic heterocycles. The van der Waals surface area contributed by atoms with Crippen LogP contribution in [-0.4, -0.2) is 31.5 Å². The summed E-state index contributed by atoms with van der Waals surface area (Å²) >= 11 is 0. The number of ether oxygens (including phenoxy) is 1. The molecule has 0 amide bonds. The molecule has 2 aromatic rings. The van der Waals surface area contributed by atoms with E-state index in [0.29, 0.717) is 6.61 Å². The highest BCUT2D eigenvalue weighted by Crippen LogP contribution is 2.43. The van der Waals surface area contributed by atoms with Crippen LogP contribution in [0.1, 0.15) is 17.2 Å². The largest absolute Gasteiger partial charge is 0.360 e. The zero-order chi connectivity index (χ0) is 21.8. The molecule has 3 rings (SSSR count). The molecule has 1 aliphatic heterocycles. The molecular weight excluding hydrogens is 394 g/mol. The summed E-state index contributed by atoms with van der Waals surface area (Å²) < 4.78 is 34.9. The van der Waals surface area contributed by atoms with Gasteiger partial charge in [0.15, 0.2) is 0 Å². The number of benzene rings is 2. The second-order valence-electron chi connectivity index (χ2n) is 7.15. The van der Waals surface area contributed by atoms with Crippen LogP contribution in [0, 0.1) is 19.3 Å². The third kappa shape index (κ3) is 4.03. The highest BCUT2D eigenvalue weighted by atomic mass is 32.2. The molecule has 30 heavy (non-hydrogen) atoms. The smallest absolute Gasteiger partial charge is 0.244 e. The van der Waals surface area contributed by atoms with E-state index in [2.05, 4.69) is 19.1 Å². The summed E-state index contributed by atoms with van der Waals surface area (Å²) in [7, 11) is -3.93. The zero-order valence-corrected chi connectivity index (χ0v) is 17.8. The highest BCUT2D eigenvalue weighted by Gasteiger charge is 2.47. The fraction of sp³-hybridized carbons (Fsp3) is 0.200. The predicted molar refractivity (Wildman–Crippen MR) is 120 cm³/mol. The Morgan fingerprint density at radius 2 is 1.87 bits per heavy atom. The van der Waals surface area contributed by atoms with Gasteiger partial charge in [-0.05, 0) is 36.3 Å². The van der Waals surface area contributed by atoms with Crippen molar-refractivity contribution in [3.63, 3.8) is 0 Å². The van der Waals surface area contributed by atoms with Gasteiger partial charge >= 0.3 is 0 Å². The average molecular weight is 420 g/mol. The first-order valence-electron chi connectivity index (χ1n) is 9.56. The first-order valence-corrected chi connectivity index (χ1v) is 11.0. The number of terminal acetylenes is 1. The van der Waals surface area contributed by atoms with Crippen LogP contribution < -0.4 is 0 Å². The molecule has 1 unspecified atom stereocenters. The molecule has 0 aliphatic carbocycles. The van der Waals surface area contributed by atoms with E-state index in [1.54, 1.807) is 36.4 Å². The van der Waals surface area contributed by atoms with Gasteiger partial charge in [-0.15, -0.1) is 6.42 Å². The molecule has 0 saturated carbocycles. The maximum Gasteiger partial charge on any atom is 0.244 e. The lowest BCUT2D eigenvalue weighted by atomic mass is 9.87. The average Bonchev–Trinajstić information content (AvgIpc) is 3.19. The van der Waals surface area contributed by atoms with Crippen LogP contribution >= 0.6 is 0 Å². The summed E-state index contributed by atoms with van der Waals surface area (Å²) in [6.45, 7) is 9.88. The highest BCUT2D eigenvalue weighted by molar-refractivity contribution is 7.89. The summed E-state index contributed by atoms with van der Waals surface area (Å²) in [6, 6.07) is 15.3. The molecule has 0 bridgehead atoms. The van der Waals surface area contributed by atoms with E-state index in [4.69, 9.17) is 11.2 Å². The molecule has 4 nitrogen and oxygen atoms in total. The van der Waals surface area contributed by atoms with Crippen molar-refractivity contribution in [2.45, 2.75) is 23.5 Å². The van der Waals surface area contributed by atoms with E-state index < -0.39 is 21.7 Å². The molecule has 0 spiro atoms. The van der Waals surface area contributed by atoms with Crippen LogP contribution in [0.25, 0.3) is 0 Å². The van der Waals surface area contributed by atoms with E-state index in [9.17, 15) is 8.42 Å². The summed E-state index contributed by atoms with van der Waals surface area (Å²) in [6.07, 6.45) is 10.8. The van der Waals surface area contributed by atoms with Crippen molar-refractivity contribution >= 4 is 10.0 Å². The van der Waals surface area contributed by atoms with Gasteiger partial charge in [0.05, 0.1) is 24.1 Å². The maximum absolute atomic E-state index is 13.7. The van der Waals surface area contributed by atoms with E-state index >= 15 is 0 Å². The Kier molecular flexibility index (Phi) is 6.42. The second kappa shape index (κ2) is 8.85. The van der Waals surface area contributed by atoms with Gasteiger partial charge in [-0.1, -0.05) is 79.3 Å². The predicted octanol–water partition coefficient (Wildman–Crippen LogP) is 4.43. The van der Waals surface area contributed by atoms with Crippen LogP contribution in [0.5, 0.6) is 0 Å². The molecule has 0 saturated heterocycles. The molecule has 1 heterocycles. The molecule has 2 atom stereocenters. The monoisotopic (exact) mass is 419 g/mol. The molecule has 154 valence electrons. The summed E-state index contributed by atoms with van der Waals surface area (Å²) in [5, 5.41) is 0. The second-order valence-corrected chi connectivity index (χ2v) is 9.04. The Bertz CT molecular complexity index is 1100. The Balaban J connectivity index is 2.23. The Morgan fingerprint density at radius 3 is 2.40 bits per heavy atom. The van der Waals surface area contributed by atoms with E-state index in [-0.39, 0.29) is 11.4 Å². The molecule has 2 aromatic carbocycles. The third-order valence-corrected chi connectivity index (χ3v) is 7.01. The molecule has 0 fully saturated rings. The first kappa shape index (κ1) is 21.8. The third-order valence-electron chi connectivity index (χ3n) is 5.19. The van der Waals surface area contributed by atoms with Gasteiger partial charge in [0.1, 0.15) is 5.60 Å². The van der Waals surface area contributed by atoms with Crippen molar-refractivity contribution in [3.8, 4) is 12.3 Å². The standard InChI is InChI=1S/C25H25NO3S/c1-5-17-26(30(27,28)23-15-13-20(4)14-16-23)24(22-11-9-8-10-12-22)25(7-3)18-21(6-2)19-29-25/h1,6-16,18,24H,2-3,17,19H2,4H3/t24?,25-/m0/s1. The van der Waals surface area contributed by atoms with Crippen LogP contribution in [-0.2, 0) is 14.8 Å². The minimum absolute atomic E-state index is 0.119. The molecule has 0 radical (unpaired) electrons. The van der Waals surface area contributed by atoms with Gasteiger partial charge in [0, 0.05) is 0 Å². The van der Waals surface area contributed by atoms with Crippen molar-refractivity contribution in [2.24, 2.45) is 0 Å². The van der Waals surface area contributed by atoms with Crippen molar-refractivity contribution in [1.82, 2.24) is 4.31 Å². The minimum atomic E-state index is -3.93. The van der Waals surface area contributed by atoms with Crippen LogP contribution in [0.2, 0.25) is 0 Å². The van der Waals surface area contributed by atoms with Crippen molar-refractivity contribution in [2.75, 3.05) is 13.2 Å². The van der Waals surface area contributed by atoms with Crippen LogP contribution in [0.4, 0.5) is 0 Å². The van der Waals surface area contributed by atoms with Gasteiger partial charge < -0.3 is 4.74 Å². The topological polar surface area (TPSA) is 46.6 Å². The number of sulfonamides is 1. The molecule has 1 aliphatic rings. The normalized spacial score (nSPS) is 19.7. The van der Waals surface area contributed by atoms with Crippen LogP contribution in [0.15, 0.2) is 96.5 Å². The number of aryl methyl sites for hydroxylation is 1. The Labute approximate surface area is 179 Å². The van der Waals surface area contributed by atoms with Crippen molar-refractivity contribution < 1.29 is 13.2 Å². The zero-order valence-electron chi connectivity index (χ0n) is 17.0. The van der Waals surface area contributed by atoms with Gasteiger partial charge in [-0.25, -0.2) is 8.42 Å². The number of rotatable bonds is 8. The van der Waals surface area contributed by atoms with E-state index in [0.717, 1.165) is 16.7 Å². The fourth-order valence-corrected chi connectivity index (χ4v) is 5.18. The lowest BCUT2D eigenvalue weighted by molar-refractivity contribution is 0.0109. The summed E-state index contributed by atoms with van der Waals surface area (Å²) in [5.41, 5.74) is 1.51. The summed E-state index contributed by atoms with van der Waals surface area (Å²) in [5.74, 6) is 2.51. The molecule has 5 heteroatoms. The lowest BCUT2D eigenvalue weighted by Gasteiger charge is -2.39. The lowest BCUT2D eigenvalue weighted by Crippen LogP contribution is -2.47. The quantitative estimate of drug-likeness (QED) is 0.470. The van der Waals surface area contributed by atoms with Gasteiger partial charge in [-0.2, -0.15) is 4.31 Å².